The Kier molecular flexibility index (Phi) is 4.51. The molecule has 4 heteroatoms. The Morgan fingerprint density at radius 1 is 1.07 bits per heavy atom. The summed E-state index contributed by atoms with van der Waals surface area (Å²) in [6.07, 6.45) is 1.53. The fourth-order valence-electron chi connectivity index (χ4n) is 4.83. The molecule has 4 rings (SSSR count). The zero-order valence-corrected chi connectivity index (χ0v) is 19.0. The minimum Gasteiger partial charge on any atom is -0.492 e. The fourth-order valence-corrected chi connectivity index (χ4v) is 4.83. The van der Waals surface area contributed by atoms with E-state index < -0.39 is 5.41 Å². The smallest absolute Gasteiger partial charge is 0.166 e. The van der Waals surface area contributed by atoms with Crippen molar-refractivity contribution in [1.82, 2.24) is 0 Å². The molecule has 0 spiro atoms. The van der Waals surface area contributed by atoms with Crippen LogP contribution in [0.3, 0.4) is 0 Å². The molecule has 0 amide bonds. The molecule has 30 heavy (non-hydrogen) atoms. The topological polar surface area (TPSA) is 54.6 Å². The minimum atomic E-state index is -0.726. The maximum atomic E-state index is 10.1. The van der Waals surface area contributed by atoms with Gasteiger partial charge in [0.15, 0.2) is 11.5 Å². The predicted molar refractivity (Wildman–Crippen MR) is 120 cm³/mol. The monoisotopic (exact) mass is 402 g/mol. The zero-order valence-electron chi connectivity index (χ0n) is 19.0. The molecule has 0 saturated carbocycles. The van der Waals surface area contributed by atoms with Gasteiger partial charge in [-0.1, -0.05) is 30.3 Å². The van der Waals surface area contributed by atoms with Crippen molar-refractivity contribution in [3.63, 3.8) is 0 Å². The van der Waals surface area contributed by atoms with Crippen LogP contribution in [0.1, 0.15) is 69.4 Å². The van der Waals surface area contributed by atoms with Crippen LogP contribution >= 0.6 is 0 Å². The largest absolute Gasteiger partial charge is 0.492 e. The lowest BCUT2D eigenvalue weighted by molar-refractivity contribution is 0.133. The number of rotatable bonds is 3. The summed E-state index contributed by atoms with van der Waals surface area (Å²) in [5.41, 5.74) is 5.08. The molecule has 2 aliphatic rings. The average molecular weight is 403 g/mol. The van der Waals surface area contributed by atoms with Crippen molar-refractivity contribution >= 4 is 5.71 Å². The van der Waals surface area contributed by atoms with E-state index in [4.69, 9.17) is 14.5 Å². The number of fused-ring (bicyclic) bond motifs is 3. The van der Waals surface area contributed by atoms with Crippen molar-refractivity contribution in [2.24, 2.45) is 4.99 Å². The van der Waals surface area contributed by atoms with Crippen molar-refractivity contribution in [2.75, 3.05) is 7.11 Å². The van der Waals surface area contributed by atoms with Gasteiger partial charge in [-0.25, -0.2) is 0 Å². The molecule has 0 N–H and O–H groups in total. The SMILES string of the molecule is COc1c2c(c3c(c1C(C)(C)C#N)CC(C)(C)N=C3c1ccccc1)CC(C)(C)O2. The van der Waals surface area contributed by atoms with Crippen molar-refractivity contribution in [3.05, 3.63) is 58.1 Å². The van der Waals surface area contributed by atoms with Gasteiger partial charge in [-0.3, -0.25) is 4.99 Å². The summed E-state index contributed by atoms with van der Waals surface area (Å²) in [5, 5.41) is 10.1. The number of nitrogens with zero attached hydrogens (tertiary/aromatic N) is 2. The van der Waals surface area contributed by atoms with Crippen LogP contribution in [-0.2, 0) is 18.3 Å². The minimum absolute atomic E-state index is 0.285. The van der Waals surface area contributed by atoms with E-state index in [2.05, 4.69) is 45.9 Å². The van der Waals surface area contributed by atoms with Crippen molar-refractivity contribution in [2.45, 2.75) is 70.9 Å². The van der Waals surface area contributed by atoms with Crippen LogP contribution in [0.25, 0.3) is 0 Å². The number of hydrogen-bond donors (Lipinski definition) is 0. The van der Waals surface area contributed by atoms with E-state index >= 15 is 0 Å². The highest BCUT2D eigenvalue weighted by molar-refractivity contribution is 6.16. The summed E-state index contributed by atoms with van der Waals surface area (Å²) in [5.74, 6) is 1.47. The maximum absolute atomic E-state index is 10.1. The summed E-state index contributed by atoms with van der Waals surface area (Å²) in [6, 6.07) is 12.8. The number of hydrogen-bond acceptors (Lipinski definition) is 4. The van der Waals surface area contributed by atoms with E-state index in [-0.39, 0.29) is 11.1 Å². The first-order valence-corrected chi connectivity index (χ1v) is 10.5. The first kappa shape index (κ1) is 20.5. The van der Waals surface area contributed by atoms with Gasteiger partial charge in [0, 0.05) is 28.7 Å². The lowest BCUT2D eigenvalue weighted by Crippen LogP contribution is -2.33. The van der Waals surface area contributed by atoms with E-state index in [1.165, 1.54) is 0 Å². The van der Waals surface area contributed by atoms with Crippen LogP contribution in [0.2, 0.25) is 0 Å². The Hall–Kier alpha value is -2.80. The first-order chi connectivity index (χ1) is 14.0. The maximum Gasteiger partial charge on any atom is 0.166 e. The molecule has 2 aromatic carbocycles. The highest BCUT2D eigenvalue weighted by atomic mass is 16.5. The number of ether oxygens (including phenoxy) is 2. The van der Waals surface area contributed by atoms with Crippen LogP contribution in [-0.4, -0.2) is 24.0 Å². The Labute approximate surface area is 179 Å². The Balaban J connectivity index is 2.15. The molecule has 2 aromatic rings. The lowest BCUT2D eigenvalue weighted by atomic mass is 9.72. The third-order valence-corrected chi connectivity index (χ3v) is 6.01. The molecule has 0 unspecified atom stereocenters. The average Bonchev–Trinajstić information content (AvgIpc) is 3.00. The third-order valence-electron chi connectivity index (χ3n) is 6.01. The Morgan fingerprint density at radius 3 is 2.33 bits per heavy atom. The van der Waals surface area contributed by atoms with Crippen LogP contribution in [0, 0.1) is 11.3 Å². The summed E-state index contributed by atoms with van der Waals surface area (Å²) in [6.45, 7) is 12.4. The fraction of sp³-hybridized carbons (Fsp3) is 0.462. The van der Waals surface area contributed by atoms with Crippen LogP contribution in [0.5, 0.6) is 11.5 Å². The Bertz CT molecular complexity index is 1090. The second kappa shape index (κ2) is 6.60. The molecule has 0 aromatic heterocycles. The van der Waals surface area contributed by atoms with Gasteiger partial charge in [0.05, 0.1) is 29.8 Å². The summed E-state index contributed by atoms with van der Waals surface area (Å²) >= 11 is 0. The lowest BCUT2D eigenvalue weighted by Gasteiger charge is -2.35. The molecule has 0 bridgehead atoms. The van der Waals surface area contributed by atoms with Gasteiger partial charge in [-0.05, 0) is 53.5 Å². The van der Waals surface area contributed by atoms with E-state index in [0.717, 1.165) is 52.1 Å². The van der Waals surface area contributed by atoms with Crippen molar-refractivity contribution < 1.29 is 9.47 Å². The number of nitriles is 1. The van der Waals surface area contributed by atoms with Crippen LogP contribution < -0.4 is 9.47 Å². The third kappa shape index (κ3) is 3.17. The van der Waals surface area contributed by atoms with Crippen molar-refractivity contribution in [3.8, 4) is 17.6 Å². The number of aliphatic imine (C=N–C) groups is 1. The second-order valence-electron chi connectivity index (χ2n) is 10.2. The molecular formula is C26H30N2O2. The van der Waals surface area contributed by atoms with Gasteiger partial charge in [-0.2, -0.15) is 5.26 Å². The molecule has 0 fully saturated rings. The predicted octanol–water partition coefficient (Wildman–Crippen LogP) is 5.38. The first-order valence-electron chi connectivity index (χ1n) is 10.5. The summed E-state index contributed by atoms with van der Waals surface area (Å²) < 4.78 is 12.3. The quantitative estimate of drug-likeness (QED) is 0.692. The molecule has 2 aliphatic heterocycles. The summed E-state index contributed by atoms with van der Waals surface area (Å²) in [4.78, 5) is 5.19. The Morgan fingerprint density at radius 2 is 1.73 bits per heavy atom. The molecule has 2 heterocycles. The van der Waals surface area contributed by atoms with E-state index in [1.54, 1.807) is 7.11 Å². The molecule has 0 aliphatic carbocycles. The van der Waals surface area contributed by atoms with Gasteiger partial charge in [0.2, 0.25) is 0 Å². The van der Waals surface area contributed by atoms with E-state index in [9.17, 15) is 5.26 Å². The molecule has 0 saturated heterocycles. The molecular weight excluding hydrogens is 372 g/mol. The normalized spacial score (nSPS) is 18.5. The van der Waals surface area contributed by atoms with Gasteiger partial charge in [0.1, 0.15) is 5.60 Å². The zero-order chi connectivity index (χ0) is 21.9. The molecule has 0 radical (unpaired) electrons. The summed E-state index contributed by atoms with van der Waals surface area (Å²) in [7, 11) is 1.67. The van der Waals surface area contributed by atoms with Gasteiger partial charge in [-0.15, -0.1) is 0 Å². The standard InChI is InChI=1S/C26H30N2O2/c1-24(2,15-27)20-17-13-25(3,4)28-21(16-11-9-8-10-12-16)19(17)18-14-26(5,6)30-22(18)23(20)29-7/h8-12H,13-14H2,1-7H3. The molecule has 4 nitrogen and oxygen atoms in total. The second-order valence-corrected chi connectivity index (χ2v) is 10.2. The molecule has 0 atom stereocenters. The van der Waals surface area contributed by atoms with Crippen molar-refractivity contribution in [1.29, 1.82) is 5.26 Å². The molecule has 156 valence electrons. The number of benzene rings is 2. The van der Waals surface area contributed by atoms with Crippen LogP contribution in [0.15, 0.2) is 35.3 Å². The van der Waals surface area contributed by atoms with E-state index in [0.29, 0.717) is 5.75 Å². The van der Waals surface area contributed by atoms with Gasteiger partial charge < -0.3 is 9.47 Å². The van der Waals surface area contributed by atoms with E-state index in [1.807, 2.05) is 32.0 Å². The van der Waals surface area contributed by atoms with Gasteiger partial charge >= 0.3 is 0 Å². The van der Waals surface area contributed by atoms with Crippen LogP contribution in [0.4, 0.5) is 0 Å². The highest BCUT2D eigenvalue weighted by Gasteiger charge is 2.44. The number of methoxy groups -OCH3 is 1. The van der Waals surface area contributed by atoms with Gasteiger partial charge in [0.25, 0.3) is 0 Å². The highest BCUT2D eigenvalue weighted by Crippen LogP contribution is 2.53.